The van der Waals surface area contributed by atoms with Gasteiger partial charge in [-0.3, -0.25) is 0 Å². The predicted octanol–water partition coefficient (Wildman–Crippen LogP) is 3.91. The summed E-state index contributed by atoms with van der Waals surface area (Å²) < 4.78 is 27.1. The van der Waals surface area contributed by atoms with E-state index in [1.54, 1.807) is 13.0 Å². The van der Waals surface area contributed by atoms with Crippen LogP contribution in [0.15, 0.2) is 30.3 Å². The average Bonchev–Trinajstić information content (AvgIpc) is 2.80. The van der Waals surface area contributed by atoms with Crippen LogP contribution in [0.1, 0.15) is 11.1 Å². The van der Waals surface area contributed by atoms with Gasteiger partial charge in [-0.25, -0.2) is 8.78 Å². The van der Waals surface area contributed by atoms with E-state index in [4.69, 9.17) is 0 Å². The monoisotopic (exact) mass is 245 g/mol. The topological polar surface area (TPSA) is 12.0 Å². The lowest BCUT2D eigenvalue weighted by Crippen LogP contribution is -1.93. The molecular formula is C15H13F2N. The lowest BCUT2D eigenvalue weighted by molar-refractivity contribution is 0.579. The third-order valence-corrected chi connectivity index (χ3v) is 3.38. The first kappa shape index (κ1) is 11.2. The van der Waals surface area contributed by atoms with Crippen molar-refractivity contribution in [2.45, 2.75) is 13.3 Å². The lowest BCUT2D eigenvalue weighted by Gasteiger charge is -2.08. The lowest BCUT2D eigenvalue weighted by atomic mass is 10.00. The molecule has 2 aromatic carbocycles. The molecule has 0 aliphatic carbocycles. The number of aryl methyl sites for hydroxylation is 1. The number of rotatable bonds is 1. The molecule has 0 amide bonds. The van der Waals surface area contributed by atoms with Gasteiger partial charge in [-0.05, 0) is 42.2 Å². The number of hydrogen-bond donors (Lipinski definition) is 1. The second-order valence-electron chi connectivity index (χ2n) is 4.63. The van der Waals surface area contributed by atoms with Gasteiger partial charge in [0.2, 0.25) is 0 Å². The first-order valence-electron chi connectivity index (χ1n) is 5.98. The van der Waals surface area contributed by atoms with Crippen LogP contribution < -0.4 is 5.32 Å². The standard InChI is InChI=1S/C15H13F2N/c1-9-6-12(14(17)8-13(9)16)11-3-2-10-4-5-18-15(10)7-11/h2-3,6-8,18H,4-5H2,1H3. The van der Waals surface area contributed by atoms with Gasteiger partial charge in [0.25, 0.3) is 0 Å². The highest BCUT2D eigenvalue weighted by Crippen LogP contribution is 2.31. The summed E-state index contributed by atoms with van der Waals surface area (Å²) in [5, 5.41) is 3.26. The number of nitrogens with one attached hydrogen (secondary N) is 1. The quantitative estimate of drug-likeness (QED) is 0.803. The van der Waals surface area contributed by atoms with Gasteiger partial charge < -0.3 is 5.32 Å². The largest absolute Gasteiger partial charge is 0.384 e. The molecular weight excluding hydrogens is 232 g/mol. The first-order chi connectivity index (χ1) is 8.65. The molecule has 0 saturated carbocycles. The van der Waals surface area contributed by atoms with E-state index in [0.717, 1.165) is 30.3 Å². The van der Waals surface area contributed by atoms with Crippen LogP contribution in [-0.4, -0.2) is 6.54 Å². The second kappa shape index (κ2) is 4.09. The van der Waals surface area contributed by atoms with Gasteiger partial charge in [-0.15, -0.1) is 0 Å². The van der Waals surface area contributed by atoms with Crippen LogP contribution in [0.4, 0.5) is 14.5 Å². The molecule has 1 aliphatic heterocycles. The Morgan fingerprint density at radius 1 is 1.06 bits per heavy atom. The van der Waals surface area contributed by atoms with Gasteiger partial charge in [-0.1, -0.05) is 12.1 Å². The zero-order valence-corrected chi connectivity index (χ0v) is 10.1. The molecule has 1 N–H and O–H groups in total. The van der Waals surface area contributed by atoms with Gasteiger partial charge in [0, 0.05) is 23.9 Å². The number of anilines is 1. The zero-order chi connectivity index (χ0) is 12.7. The van der Waals surface area contributed by atoms with E-state index in [1.165, 1.54) is 5.56 Å². The highest BCUT2D eigenvalue weighted by Gasteiger charge is 2.14. The van der Waals surface area contributed by atoms with Crippen LogP contribution in [0.25, 0.3) is 11.1 Å². The summed E-state index contributed by atoms with van der Waals surface area (Å²) in [6.07, 6.45) is 1.00. The minimum atomic E-state index is -0.518. The van der Waals surface area contributed by atoms with Gasteiger partial charge in [0.1, 0.15) is 11.6 Å². The SMILES string of the molecule is Cc1cc(-c2ccc3c(c2)NCC3)c(F)cc1F. The molecule has 1 heterocycles. The fourth-order valence-corrected chi connectivity index (χ4v) is 2.34. The summed E-state index contributed by atoms with van der Waals surface area (Å²) in [5.41, 5.74) is 3.99. The van der Waals surface area contributed by atoms with E-state index < -0.39 is 11.6 Å². The van der Waals surface area contributed by atoms with Crippen molar-refractivity contribution >= 4 is 5.69 Å². The molecule has 0 fully saturated rings. The highest BCUT2D eigenvalue weighted by molar-refractivity contribution is 5.72. The van der Waals surface area contributed by atoms with Crippen LogP contribution in [0.3, 0.4) is 0 Å². The van der Waals surface area contributed by atoms with E-state index in [-0.39, 0.29) is 0 Å². The summed E-state index contributed by atoms with van der Waals surface area (Å²) in [5.74, 6) is -1.02. The molecule has 0 aromatic heterocycles. The molecule has 0 radical (unpaired) electrons. The summed E-state index contributed by atoms with van der Waals surface area (Å²) in [6.45, 7) is 2.56. The van der Waals surface area contributed by atoms with Gasteiger partial charge in [0.15, 0.2) is 0 Å². The molecule has 0 spiro atoms. The summed E-state index contributed by atoms with van der Waals surface area (Å²) in [4.78, 5) is 0. The number of halogens is 2. The molecule has 0 saturated heterocycles. The fraction of sp³-hybridized carbons (Fsp3) is 0.200. The smallest absolute Gasteiger partial charge is 0.133 e. The van der Waals surface area contributed by atoms with Crippen molar-refractivity contribution in [3.63, 3.8) is 0 Å². The van der Waals surface area contributed by atoms with Crippen molar-refractivity contribution < 1.29 is 8.78 Å². The number of fused-ring (bicyclic) bond motifs is 1. The molecule has 92 valence electrons. The van der Waals surface area contributed by atoms with E-state index in [9.17, 15) is 8.78 Å². The Kier molecular flexibility index (Phi) is 2.54. The number of hydrogen-bond acceptors (Lipinski definition) is 1. The van der Waals surface area contributed by atoms with Crippen molar-refractivity contribution in [3.05, 3.63) is 53.1 Å². The summed E-state index contributed by atoms with van der Waals surface area (Å²) in [6, 6.07) is 8.33. The van der Waals surface area contributed by atoms with Gasteiger partial charge >= 0.3 is 0 Å². The van der Waals surface area contributed by atoms with Crippen molar-refractivity contribution in [1.29, 1.82) is 0 Å². The Labute approximate surface area is 104 Å². The third-order valence-electron chi connectivity index (χ3n) is 3.38. The van der Waals surface area contributed by atoms with Crippen LogP contribution in [0, 0.1) is 18.6 Å². The molecule has 18 heavy (non-hydrogen) atoms. The minimum Gasteiger partial charge on any atom is -0.384 e. The third kappa shape index (κ3) is 1.76. The summed E-state index contributed by atoms with van der Waals surface area (Å²) >= 11 is 0. The maximum absolute atomic E-state index is 13.8. The van der Waals surface area contributed by atoms with Crippen molar-refractivity contribution in [1.82, 2.24) is 0 Å². The van der Waals surface area contributed by atoms with E-state index >= 15 is 0 Å². The minimum absolute atomic E-state index is 0.449. The molecule has 0 unspecified atom stereocenters. The van der Waals surface area contributed by atoms with Crippen molar-refractivity contribution in [2.24, 2.45) is 0 Å². The van der Waals surface area contributed by atoms with E-state index in [2.05, 4.69) is 5.32 Å². The molecule has 2 aromatic rings. The Balaban J connectivity index is 2.12. The Bertz CT molecular complexity index is 620. The average molecular weight is 245 g/mol. The van der Waals surface area contributed by atoms with Crippen LogP contribution >= 0.6 is 0 Å². The summed E-state index contributed by atoms with van der Waals surface area (Å²) in [7, 11) is 0. The second-order valence-corrected chi connectivity index (χ2v) is 4.63. The van der Waals surface area contributed by atoms with Crippen LogP contribution in [0.2, 0.25) is 0 Å². The fourth-order valence-electron chi connectivity index (χ4n) is 2.34. The molecule has 3 heteroatoms. The van der Waals surface area contributed by atoms with E-state index in [1.807, 2.05) is 18.2 Å². The molecule has 3 rings (SSSR count). The number of benzene rings is 2. The predicted molar refractivity (Wildman–Crippen MR) is 68.7 cm³/mol. The molecule has 1 nitrogen and oxygen atoms in total. The normalized spacial score (nSPS) is 13.3. The first-order valence-corrected chi connectivity index (χ1v) is 5.98. The molecule has 0 atom stereocenters. The maximum atomic E-state index is 13.8. The van der Waals surface area contributed by atoms with Crippen molar-refractivity contribution in [2.75, 3.05) is 11.9 Å². The Morgan fingerprint density at radius 3 is 2.72 bits per heavy atom. The maximum Gasteiger partial charge on any atom is 0.133 e. The van der Waals surface area contributed by atoms with Crippen LogP contribution in [0.5, 0.6) is 0 Å². The molecule has 1 aliphatic rings. The highest BCUT2D eigenvalue weighted by atomic mass is 19.1. The van der Waals surface area contributed by atoms with Crippen molar-refractivity contribution in [3.8, 4) is 11.1 Å². The Hall–Kier alpha value is -1.90. The zero-order valence-electron chi connectivity index (χ0n) is 10.1. The van der Waals surface area contributed by atoms with Gasteiger partial charge in [0.05, 0.1) is 0 Å². The van der Waals surface area contributed by atoms with Gasteiger partial charge in [-0.2, -0.15) is 0 Å². The van der Waals surface area contributed by atoms with Crippen LogP contribution in [-0.2, 0) is 6.42 Å². The van der Waals surface area contributed by atoms with E-state index in [0.29, 0.717) is 11.1 Å². The Morgan fingerprint density at radius 2 is 1.89 bits per heavy atom. The molecule has 0 bridgehead atoms.